The first-order valence-corrected chi connectivity index (χ1v) is 25.2. The summed E-state index contributed by atoms with van der Waals surface area (Å²) in [6.07, 6.45) is 9.45. The van der Waals surface area contributed by atoms with Crippen LogP contribution in [0.5, 0.6) is 0 Å². The Morgan fingerprint density at radius 1 is 0.662 bits per heavy atom. The average Bonchev–Trinajstić information content (AvgIpc) is 3.91. The highest BCUT2D eigenvalue weighted by molar-refractivity contribution is 7.89. The second-order valence-electron chi connectivity index (χ2n) is 17.2. The predicted octanol–water partition coefficient (Wildman–Crippen LogP) is 8.24. The largest absolute Gasteiger partial charge is 0.361 e. The van der Waals surface area contributed by atoms with Crippen LogP contribution in [0.15, 0.2) is 145 Å². The average molecular weight is 913 g/mol. The number of halogens is 1. The third-order valence-electron chi connectivity index (χ3n) is 12.6. The zero-order valence-corrected chi connectivity index (χ0v) is 38.1. The number of fused-ring (bicyclic) bond motifs is 2. The normalized spacial score (nSPS) is 17.3. The summed E-state index contributed by atoms with van der Waals surface area (Å²) in [6, 6.07) is 37.7. The molecule has 0 fully saturated rings. The molecule has 2 aliphatic heterocycles. The third-order valence-corrected chi connectivity index (χ3v) is 15.7. The van der Waals surface area contributed by atoms with Crippen molar-refractivity contribution in [3.63, 3.8) is 0 Å². The van der Waals surface area contributed by atoms with Gasteiger partial charge in [-0.05, 0) is 108 Å². The molecule has 0 bridgehead atoms. The van der Waals surface area contributed by atoms with Gasteiger partial charge in [-0.1, -0.05) is 78.9 Å². The number of H-pyrrole nitrogens is 2. The van der Waals surface area contributed by atoms with Crippen molar-refractivity contribution in [1.82, 2.24) is 28.5 Å². The van der Waals surface area contributed by atoms with Crippen LogP contribution in [0.25, 0.3) is 11.1 Å². The van der Waals surface area contributed by atoms with E-state index in [1.54, 1.807) is 10.6 Å². The van der Waals surface area contributed by atoms with Crippen LogP contribution < -0.4 is 9.80 Å². The summed E-state index contributed by atoms with van der Waals surface area (Å²) in [6.45, 7) is 3.93. The zero-order chi connectivity index (χ0) is 45.1. The van der Waals surface area contributed by atoms with E-state index in [0.717, 1.165) is 69.2 Å². The number of rotatable bonds is 14. The molecule has 5 aromatic carbocycles. The minimum Gasteiger partial charge on any atom is -0.361 e. The van der Waals surface area contributed by atoms with Gasteiger partial charge in [0.05, 0.1) is 48.2 Å². The number of nitrogens with one attached hydrogen (secondary N) is 2. The molecule has 65 heavy (non-hydrogen) atoms. The van der Waals surface area contributed by atoms with Crippen LogP contribution in [0.4, 0.5) is 15.8 Å². The summed E-state index contributed by atoms with van der Waals surface area (Å²) in [7, 11) is -7.54. The van der Waals surface area contributed by atoms with Gasteiger partial charge < -0.3 is 19.8 Å². The van der Waals surface area contributed by atoms with E-state index in [1.807, 2.05) is 67.8 Å². The van der Waals surface area contributed by atoms with Crippen molar-refractivity contribution in [3.8, 4) is 11.1 Å². The second-order valence-corrected chi connectivity index (χ2v) is 21.1. The smallest absolute Gasteiger partial charge is 0.243 e. The highest BCUT2D eigenvalue weighted by Gasteiger charge is 2.36. The van der Waals surface area contributed by atoms with Crippen molar-refractivity contribution < 1.29 is 21.2 Å². The Kier molecular flexibility index (Phi) is 12.7. The van der Waals surface area contributed by atoms with Gasteiger partial charge in [-0.2, -0.15) is 8.61 Å². The van der Waals surface area contributed by atoms with Crippen LogP contribution in [-0.2, 0) is 59.1 Å². The maximum Gasteiger partial charge on any atom is 0.243 e. The summed E-state index contributed by atoms with van der Waals surface area (Å²) < 4.78 is 72.5. The van der Waals surface area contributed by atoms with Crippen molar-refractivity contribution in [3.05, 3.63) is 185 Å². The SMILES string of the molecule is Cc1ncc(CN2c3ccccc3CN(S(=O)(=O)c3ccc(F)cc3)CC2CCc2cccc(-c3ccc4c(c3)CN(S(C)(=O)=O)CC(CCc3ccccc3)N4Cc3cnc[nH]3)c2)[nH]1. The lowest BCUT2D eigenvalue weighted by Crippen LogP contribution is -2.43. The molecule has 2 atom stereocenters. The molecule has 0 spiro atoms. The highest BCUT2D eigenvalue weighted by atomic mass is 32.2. The van der Waals surface area contributed by atoms with Gasteiger partial charge in [-0.3, -0.25) is 0 Å². The lowest BCUT2D eigenvalue weighted by atomic mass is 9.96. The molecule has 2 aliphatic rings. The van der Waals surface area contributed by atoms with Gasteiger partial charge in [0.15, 0.2) is 0 Å². The standard InChI is InChI=1S/C50H53FN8O4S2/c1-36-53-28-45(55-36)32-59-47(34-57(29-41-12-6-7-14-49(41)59)65(62,63)48-22-18-43(51)19-23-48)21-16-38-11-8-13-39(25-38)40-17-24-50-42(26-40)30-56(64(2,60)61)33-46(20-15-37-9-4-3-5-10-37)58(50)31-44-27-52-35-54-44/h3-14,17-19,22-28,35,46-47H,15-16,20-21,29-34H2,1-2H3,(H,52,54)(H,53,55). The van der Waals surface area contributed by atoms with E-state index in [2.05, 4.69) is 78.3 Å². The number of hydrogen-bond acceptors (Lipinski definition) is 8. The minimum absolute atomic E-state index is 0.0491. The van der Waals surface area contributed by atoms with E-state index >= 15 is 0 Å². The van der Waals surface area contributed by atoms with E-state index in [4.69, 9.17) is 0 Å². The molecule has 2 N–H and O–H groups in total. The van der Waals surface area contributed by atoms with Gasteiger partial charge in [-0.15, -0.1) is 0 Å². The number of aromatic amines is 2. The Labute approximate surface area is 380 Å². The maximum atomic E-state index is 14.3. The number of sulfonamides is 2. The van der Waals surface area contributed by atoms with Crippen molar-refractivity contribution in [2.24, 2.45) is 0 Å². The number of aromatic nitrogens is 4. The summed E-state index contributed by atoms with van der Waals surface area (Å²) in [5.41, 5.74) is 9.86. The van der Waals surface area contributed by atoms with Gasteiger partial charge in [0.25, 0.3) is 0 Å². The fourth-order valence-electron chi connectivity index (χ4n) is 9.29. The molecule has 7 aromatic rings. The summed E-state index contributed by atoms with van der Waals surface area (Å²) in [4.78, 5) is 20.0. The summed E-state index contributed by atoms with van der Waals surface area (Å²) >= 11 is 0. The summed E-state index contributed by atoms with van der Waals surface area (Å²) in [5, 5.41) is 0. The Morgan fingerprint density at radius 3 is 2.02 bits per heavy atom. The van der Waals surface area contributed by atoms with E-state index in [9.17, 15) is 21.2 Å². The van der Waals surface area contributed by atoms with Gasteiger partial charge in [0, 0.05) is 55.8 Å². The van der Waals surface area contributed by atoms with E-state index in [0.29, 0.717) is 32.5 Å². The number of aryl methyl sites for hydroxylation is 3. The molecule has 4 heterocycles. The molecule has 15 heteroatoms. The Morgan fingerprint density at radius 2 is 1.31 bits per heavy atom. The molecule has 12 nitrogen and oxygen atoms in total. The number of para-hydroxylation sites is 1. The summed E-state index contributed by atoms with van der Waals surface area (Å²) in [5.74, 6) is 0.302. The molecular weight excluding hydrogens is 860 g/mol. The fraction of sp³-hybridized carbons (Fsp3) is 0.280. The van der Waals surface area contributed by atoms with Gasteiger partial charge in [0.2, 0.25) is 20.0 Å². The Hall–Kier alpha value is -6.13. The van der Waals surface area contributed by atoms with E-state index in [-0.39, 0.29) is 36.6 Å². The first kappa shape index (κ1) is 44.1. The Bertz CT molecular complexity index is 2970. The van der Waals surface area contributed by atoms with Gasteiger partial charge in [-0.25, -0.2) is 31.2 Å². The number of anilines is 2. The van der Waals surface area contributed by atoms with E-state index < -0.39 is 25.9 Å². The van der Waals surface area contributed by atoms with Crippen LogP contribution in [0.2, 0.25) is 0 Å². The molecule has 0 radical (unpaired) electrons. The van der Waals surface area contributed by atoms with Crippen LogP contribution in [0.3, 0.4) is 0 Å². The lowest BCUT2D eigenvalue weighted by molar-refractivity contribution is 0.370. The Balaban J connectivity index is 1.03. The molecule has 9 rings (SSSR count). The molecular formula is C50H53FN8O4S2. The van der Waals surface area contributed by atoms with E-state index in [1.165, 1.54) is 40.4 Å². The molecule has 2 aromatic heterocycles. The fourth-order valence-corrected chi connectivity index (χ4v) is 11.6. The van der Waals surface area contributed by atoms with Crippen molar-refractivity contribution in [2.75, 3.05) is 29.1 Å². The topological polar surface area (TPSA) is 139 Å². The first-order chi connectivity index (χ1) is 31.4. The highest BCUT2D eigenvalue weighted by Crippen LogP contribution is 2.37. The number of imidazole rings is 2. The van der Waals surface area contributed by atoms with Gasteiger partial charge >= 0.3 is 0 Å². The monoisotopic (exact) mass is 912 g/mol. The molecule has 0 saturated carbocycles. The number of hydrogen-bond donors (Lipinski definition) is 2. The molecule has 336 valence electrons. The molecule has 2 unspecified atom stereocenters. The lowest BCUT2D eigenvalue weighted by Gasteiger charge is -2.34. The van der Waals surface area contributed by atoms with Crippen LogP contribution in [0, 0.1) is 12.7 Å². The molecule has 0 saturated heterocycles. The number of benzene rings is 5. The third kappa shape index (κ3) is 10.1. The molecule has 0 amide bonds. The van der Waals surface area contributed by atoms with Crippen molar-refractivity contribution >= 4 is 31.4 Å². The maximum absolute atomic E-state index is 14.3. The van der Waals surface area contributed by atoms with Crippen molar-refractivity contribution in [1.29, 1.82) is 0 Å². The van der Waals surface area contributed by atoms with Crippen LogP contribution in [-0.4, -0.2) is 76.8 Å². The second kappa shape index (κ2) is 18.8. The predicted molar refractivity (Wildman–Crippen MR) is 253 cm³/mol. The zero-order valence-electron chi connectivity index (χ0n) is 36.5. The minimum atomic E-state index is -3.99. The van der Waals surface area contributed by atoms with Crippen molar-refractivity contribution in [2.45, 2.75) is 75.8 Å². The van der Waals surface area contributed by atoms with Gasteiger partial charge in [0.1, 0.15) is 11.6 Å². The molecule has 0 aliphatic carbocycles. The first-order valence-electron chi connectivity index (χ1n) is 21.9. The number of nitrogens with zero attached hydrogens (tertiary/aromatic N) is 6. The quantitative estimate of drug-likeness (QED) is 0.111. The van der Waals surface area contributed by atoms with Crippen LogP contribution in [0.1, 0.15) is 52.3 Å². The van der Waals surface area contributed by atoms with Crippen LogP contribution >= 0.6 is 0 Å².